The number of alkyl halides is 3. The summed E-state index contributed by atoms with van der Waals surface area (Å²) in [4.78, 5) is 14.2. The third kappa shape index (κ3) is 6.09. The number of piperidine rings is 1. The average molecular weight is 406 g/mol. The Morgan fingerprint density at radius 2 is 2.00 bits per heavy atom. The highest BCUT2D eigenvalue weighted by Crippen LogP contribution is 2.32. The molecule has 2 N–H and O–H groups in total. The van der Waals surface area contributed by atoms with Crippen LogP contribution in [0, 0.1) is 5.92 Å². The predicted molar refractivity (Wildman–Crippen MR) is 101 cm³/mol. The van der Waals surface area contributed by atoms with E-state index in [4.69, 9.17) is 0 Å². The smallest absolute Gasteiger partial charge is 0.354 e. The first-order chi connectivity index (χ1) is 12.4. The van der Waals surface area contributed by atoms with Crippen molar-refractivity contribution >= 4 is 18.3 Å². The predicted octanol–water partition coefficient (Wildman–Crippen LogP) is 3.21. The Bertz CT molecular complexity index is 620. The van der Waals surface area contributed by atoms with Crippen molar-refractivity contribution in [3.63, 3.8) is 0 Å². The molecule has 2 aliphatic heterocycles. The van der Waals surface area contributed by atoms with Gasteiger partial charge in [-0.25, -0.2) is 0 Å². The molecule has 1 amide bonds. The molecule has 0 saturated carbocycles. The van der Waals surface area contributed by atoms with Crippen molar-refractivity contribution in [2.45, 2.75) is 44.4 Å². The minimum absolute atomic E-state index is 0. The summed E-state index contributed by atoms with van der Waals surface area (Å²) < 4.78 is 39.5. The molecule has 4 nitrogen and oxygen atoms in total. The summed E-state index contributed by atoms with van der Waals surface area (Å²) in [6.45, 7) is 3.28. The normalized spacial score (nSPS) is 23.7. The fraction of sp³-hybridized carbons (Fsp3) is 0.632. The van der Waals surface area contributed by atoms with Crippen molar-refractivity contribution in [3.8, 4) is 0 Å². The molecular formula is C19H27ClF3N3O. The highest BCUT2D eigenvalue weighted by molar-refractivity contribution is 5.85. The fourth-order valence-electron chi connectivity index (χ4n) is 3.91. The summed E-state index contributed by atoms with van der Waals surface area (Å²) in [7, 11) is 0. The molecule has 1 aromatic rings. The van der Waals surface area contributed by atoms with Gasteiger partial charge in [0.05, 0.1) is 11.6 Å². The van der Waals surface area contributed by atoms with E-state index in [2.05, 4.69) is 15.5 Å². The van der Waals surface area contributed by atoms with Crippen LogP contribution in [0.15, 0.2) is 24.3 Å². The van der Waals surface area contributed by atoms with Crippen LogP contribution in [0.1, 0.15) is 36.8 Å². The second kappa shape index (κ2) is 9.75. The van der Waals surface area contributed by atoms with Gasteiger partial charge in [0.25, 0.3) is 0 Å². The average Bonchev–Trinajstić information content (AvgIpc) is 3.14. The lowest BCUT2D eigenvalue weighted by atomic mass is 9.96. The number of rotatable bonds is 5. The Morgan fingerprint density at radius 3 is 2.70 bits per heavy atom. The zero-order valence-corrected chi connectivity index (χ0v) is 16.0. The van der Waals surface area contributed by atoms with E-state index < -0.39 is 11.7 Å². The van der Waals surface area contributed by atoms with Gasteiger partial charge in [0.1, 0.15) is 0 Å². The quantitative estimate of drug-likeness (QED) is 0.790. The molecule has 1 aromatic carbocycles. The number of amides is 1. The summed E-state index contributed by atoms with van der Waals surface area (Å²) in [5.74, 6) is 0.328. The number of carbonyl (C=O) groups excluding carboxylic acids is 1. The first kappa shape index (κ1) is 22.0. The number of halogens is 4. The molecule has 2 unspecified atom stereocenters. The zero-order valence-electron chi connectivity index (χ0n) is 15.2. The molecule has 8 heteroatoms. The van der Waals surface area contributed by atoms with Crippen molar-refractivity contribution < 1.29 is 18.0 Å². The van der Waals surface area contributed by atoms with Gasteiger partial charge in [-0.15, -0.1) is 12.4 Å². The highest BCUT2D eigenvalue weighted by atomic mass is 35.5. The minimum atomic E-state index is -4.33. The van der Waals surface area contributed by atoms with Crippen LogP contribution in [0.5, 0.6) is 0 Å². The Kier molecular flexibility index (Phi) is 7.94. The summed E-state index contributed by atoms with van der Waals surface area (Å²) >= 11 is 0. The zero-order chi connectivity index (χ0) is 18.6. The molecule has 2 fully saturated rings. The summed E-state index contributed by atoms with van der Waals surface area (Å²) in [5.41, 5.74) is -0.234. The van der Waals surface area contributed by atoms with E-state index in [1.54, 1.807) is 12.1 Å². The van der Waals surface area contributed by atoms with Gasteiger partial charge in [-0.3, -0.25) is 9.69 Å². The highest BCUT2D eigenvalue weighted by Gasteiger charge is 2.33. The van der Waals surface area contributed by atoms with Gasteiger partial charge < -0.3 is 10.6 Å². The van der Waals surface area contributed by atoms with Gasteiger partial charge in [0.2, 0.25) is 5.91 Å². The van der Waals surface area contributed by atoms with E-state index in [1.165, 1.54) is 6.07 Å². The maximum atomic E-state index is 13.2. The van der Waals surface area contributed by atoms with Crippen LogP contribution in [0.25, 0.3) is 0 Å². The summed E-state index contributed by atoms with van der Waals surface area (Å²) in [6, 6.07) is 5.69. The van der Waals surface area contributed by atoms with E-state index >= 15 is 0 Å². The van der Waals surface area contributed by atoms with Gasteiger partial charge in [0, 0.05) is 19.6 Å². The van der Waals surface area contributed by atoms with Crippen LogP contribution in [-0.2, 0) is 17.5 Å². The van der Waals surface area contributed by atoms with Crippen molar-refractivity contribution in [1.82, 2.24) is 15.5 Å². The van der Waals surface area contributed by atoms with Crippen LogP contribution in [0.3, 0.4) is 0 Å². The van der Waals surface area contributed by atoms with Crippen LogP contribution in [0.4, 0.5) is 13.2 Å². The molecule has 2 saturated heterocycles. The molecule has 152 valence electrons. The van der Waals surface area contributed by atoms with E-state index in [0.717, 1.165) is 44.8 Å². The van der Waals surface area contributed by atoms with E-state index in [0.29, 0.717) is 25.2 Å². The summed E-state index contributed by atoms with van der Waals surface area (Å²) in [6.07, 6.45) is -0.495. The Labute approximate surface area is 164 Å². The van der Waals surface area contributed by atoms with Crippen LogP contribution < -0.4 is 10.6 Å². The number of nitrogens with one attached hydrogen (secondary N) is 2. The molecule has 0 spiro atoms. The largest absolute Gasteiger partial charge is 0.416 e. The van der Waals surface area contributed by atoms with Gasteiger partial charge >= 0.3 is 6.18 Å². The van der Waals surface area contributed by atoms with Gasteiger partial charge in [-0.2, -0.15) is 13.2 Å². The molecule has 2 aliphatic rings. The standard InChI is InChI=1S/C19H26F3N3O.ClH/c20-19(21,22)16-7-2-1-6-15(16)13-25-10-4-5-14(12-25)11-24-18(26)17-8-3-9-23-17;/h1-2,6-7,14,17,23H,3-5,8-13H2,(H,24,26);1H. The summed E-state index contributed by atoms with van der Waals surface area (Å²) in [5, 5.41) is 6.18. The Hall–Kier alpha value is -1.31. The number of hydrogen-bond acceptors (Lipinski definition) is 3. The number of benzene rings is 1. The Morgan fingerprint density at radius 1 is 1.22 bits per heavy atom. The second-order valence-electron chi connectivity index (χ2n) is 7.29. The first-order valence-corrected chi connectivity index (χ1v) is 9.32. The molecule has 27 heavy (non-hydrogen) atoms. The van der Waals surface area contributed by atoms with Gasteiger partial charge in [0.15, 0.2) is 0 Å². The van der Waals surface area contributed by atoms with Gasteiger partial charge in [-0.05, 0) is 56.3 Å². The van der Waals surface area contributed by atoms with Crippen LogP contribution in [0.2, 0.25) is 0 Å². The van der Waals surface area contributed by atoms with E-state index in [1.807, 2.05) is 0 Å². The van der Waals surface area contributed by atoms with Gasteiger partial charge in [-0.1, -0.05) is 18.2 Å². The lowest BCUT2D eigenvalue weighted by Crippen LogP contribution is -2.45. The number of hydrogen-bond donors (Lipinski definition) is 2. The van der Waals surface area contributed by atoms with Crippen molar-refractivity contribution in [2.75, 3.05) is 26.2 Å². The fourth-order valence-corrected chi connectivity index (χ4v) is 3.91. The van der Waals surface area contributed by atoms with E-state index in [-0.39, 0.29) is 30.3 Å². The third-order valence-corrected chi connectivity index (χ3v) is 5.26. The SMILES string of the molecule is Cl.O=C(NCC1CCCN(Cc2ccccc2C(F)(F)F)C1)C1CCCN1. The molecule has 0 bridgehead atoms. The number of likely N-dealkylation sites (tertiary alicyclic amines) is 1. The number of carbonyl (C=O) groups is 1. The molecule has 2 heterocycles. The monoisotopic (exact) mass is 405 g/mol. The molecule has 0 aromatic heterocycles. The molecule has 3 rings (SSSR count). The maximum Gasteiger partial charge on any atom is 0.416 e. The molecule has 0 radical (unpaired) electrons. The van der Waals surface area contributed by atoms with Crippen LogP contribution in [-0.4, -0.2) is 43.0 Å². The maximum absolute atomic E-state index is 13.2. The third-order valence-electron chi connectivity index (χ3n) is 5.26. The van der Waals surface area contributed by atoms with Crippen molar-refractivity contribution in [3.05, 3.63) is 35.4 Å². The van der Waals surface area contributed by atoms with Crippen molar-refractivity contribution in [2.24, 2.45) is 5.92 Å². The minimum Gasteiger partial charge on any atom is -0.354 e. The lowest BCUT2D eigenvalue weighted by Gasteiger charge is -2.33. The first-order valence-electron chi connectivity index (χ1n) is 9.32. The number of nitrogens with zero attached hydrogens (tertiary/aromatic N) is 1. The molecular weight excluding hydrogens is 379 g/mol. The van der Waals surface area contributed by atoms with Crippen LogP contribution >= 0.6 is 12.4 Å². The van der Waals surface area contributed by atoms with Crippen molar-refractivity contribution in [1.29, 1.82) is 0 Å². The second-order valence-corrected chi connectivity index (χ2v) is 7.29. The molecule has 0 aliphatic carbocycles. The Balaban J connectivity index is 0.00000261. The topological polar surface area (TPSA) is 44.4 Å². The lowest BCUT2D eigenvalue weighted by molar-refractivity contribution is -0.138. The van der Waals surface area contributed by atoms with E-state index in [9.17, 15) is 18.0 Å². The molecule has 2 atom stereocenters.